The molecule has 1 fully saturated rings. The van der Waals surface area contributed by atoms with Crippen molar-refractivity contribution >= 4 is 27.8 Å². The first-order chi connectivity index (χ1) is 9.67. The number of carbonyl (C=O) groups excluding carboxylic acids is 1. The molecule has 1 aromatic rings. The van der Waals surface area contributed by atoms with Crippen LogP contribution in [0.4, 0.5) is 13.2 Å². The topological polar surface area (TPSA) is 70.5 Å². The summed E-state index contributed by atoms with van der Waals surface area (Å²) in [7, 11) is 0. The molecule has 1 N–H and O–H groups in total. The SMILES string of the molecule is O=C(c1ccnc(Br)c1)N1CCC(C(=O)O)(C(F)(F)F)C1. The fourth-order valence-corrected chi connectivity index (χ4v) is 2.59. The van der Waals surface area contributed by atoms with Gasteiger partial charge < -0.3 is 10.0 Å². The van der Waals surface area contributed by atoms with E-state index in [1.54, 1.807) is 0 Å². The van der Waals surface area contributed by atoms with E-state index in [4.69, 9.17) is 5.11 Å². The molecule has 0 saturated carbocycles. The van der Waals surface area contributed by atoms with Crippen LogP contribution in [0.3, 0.4) is 0 Å². The molecule has 0 bridgehead atoms. The lowest BCUT2D eigenvalue weighted by atomic mass is 9.86. The molecule has 9 heteroatoms. The molecule has 2 rings (SSSR count). The molecule has 2 heterocycles. The second-order valence-corrected chi connectivity index (χ2v) is 5.54. The van der Waals surface area contributed by atoms with E-state index in [0.29, 0.717) is 4.60 Å². The number of pyridine rings is 1. The highest BCUT2D eigenvalue weighted by molar-refractivity contribution is 9.10. The predicted molar refractivity (Wildman–Crippen MR) is 68.6 cm³/mol. The van der Waals surface area contributed by atoms with E-state index < -0.39 is 36.4 Å². The van der Waals surface area contributed by atoms with Crippen LogP contribution >= 0.6 is 15.9 Å². The molecular weight excluding hydrogens is 357 g/mol. The van der Waals surface area contributed by atoms with Crippen molar-refractivity contribution in [3.63, 3.8) is 0 Å². The Balaban J connectivity index is 2.26. The molecule has 114 valence electrons. The molecule has 0 spiro atoms. The van der Waals surface area contributed by atoms with E-state index >= 15 is 0 Å². The first-order valence-corrected chi connectivity index (χ1v) is 6.68. The Labute approximate surface area is 125 Å². The van der Waals surface area contributed by atoms with Gasteiger partial charge in [0.05, 0.1) is 0 Å². The average Bonchev–Trinajstić information content (AvgIpc) is 2.83. The highest BCUT2D eigenvalue weighted by Crippen LogP contribution is 2.45. The number of rotatable bonds is 2. The number of amides is 1. The van der Waals surface area contributed by atoms with Crippen LogP contribution in [-0.2, 0) is 4.79 Å². The summed E-state index contributed by atoms with van der Waals surface area (Å²) in [6.07, 6.45) is -4.22. The molecule has 5 nitrogen and oxygen atoms in total. The summed E-state index contributed by atoms with van der Waals surface area (Å²) in [5.74, 6) is -2.60. The van der Waals surface area contributed by atoms with Crippen LogP contribution in [0.15, 0.2) is 22.9 Å². The van der Waals surface area contributed by atoms with E-state index in [9.17, 15) is 22.8 Å². The van der Waals surface area contributed by atoms with Gasteiger partial charge in [0, 0.05) is 24.8 Å². The fraction of sp³-hybridized carbons (Fsp3) is 0.417. The number of hydrogen-bond donors (Lipinski definition) is 1. The second kappa shape index (κ2) is 5.28. The largest absolute Gasteiger partial charge is 0.481 e. The number of aromatic nitrogens is 1. The number of aliphatic carboxylic acids is 1. The maximum atomic E-state index is 13.0. The Hall–Kier alpha value is -1.64. The summed E-state index contributed by atoms with van der Waals surface area (Å²) in [6.45, 7) is -1.14. The number of likely N-dealkylation sites (tertiary alicyclic amines) is 1. The van der Waals surface area contributed by atoms with Crippen LogP contribution in [0.1, 0.15) is 16.8 Å². The number of hydrogen-bond acceptors (Lipinski definition) is 3. The van der Waals surface area contributed by atoms with Gasteiger partial charge in [-0.05, 0) is 34.5 Å². The second-order valence-electron chi connectivity index (χ2n) is 4.73. The van der Waals surface area contributed by atoms with Crippen LogP contribution in [0.2, 0.25) is 0 Å². The first-order valence-electron chi connectivity index (χ1n) is 5.88. The Morgan fingerprint density at radius 2 is 2.10 bits per heavy atom. The molecular formula is C12H10BrF3N2O3. The highest BCUT2D eigenvalue weighted by Gasteiger charge is 2.64. The third-order valence-corrected chi connectivity index (χ3v) is 3.92. The summed E-state index contributed by atoms with van der Waals surface area (Å²) in [5.41, 5.74) is -2.74. The lowest BCUT2D eigenvalue weighted by molar-refractivity contribution is -0.227. The summed E-state index contributed by atoms with van der Waals surface area (Å²) in [6, 6.07) is 2.73. The standard InChI is InChI=1S/C12H10BrF3N2O3/c13-8-5-7(1-3-17-8)9(19)18-4-2-11(6-18,10(20)21)12(14,15)16/h1,3,5H,2,4,6H2,(H,20,21). The van der Waals surface area contributed by atoms with Gasteiger partial charge in [0.15, 0.2) is 5.41 Å². The molecule has 0 aromatic carbocycles. The minimum absolute atomic E-state index is 0.153. The number of carbonyl (C=O) groups is 2. The van der Waals surface area contributed by atoms with Gasteiger partial charge in [-0.25, -0.2) is 4.98 Å². The average molecular weight is 367 g/mol. The lowest BCUT2D eigenvalue weighted by Gasteiger charge is -2.27. The highest BCUT2D eigenvalue weighted by atomic mass is 79.9. The van der Waals surface area contributed by atoms with E-state index in [2.05, 4.69) is 20.9 Å². The van der Waals surface area contributed by atoms with E-state index in [-0.39, 0.29) is 12.1 Å². The molecule has 0 radical (unpaired) electrons. The Bertz CT molecular complexity index is 593. The summed E-state index contributed by atoms with van der Waals surface area (Å²) < 4.78 is 39.5. The first kappa shape index (κ1) is 15.7. The van der Waals surface area contributed by atoms with Gasteiger partial charge in [0.25, 0.3) is 5.91 Å². The predicted octanol–water partition coefficient (Wildman–Crippen LogP) is 2.32. The zero-order chi connectivity index (χ0) is 15.8. The van der Waals surface area contributed by atoms with Crippen molar-refractivity contribution in [2.24, 2.45) is 5.41 Å². The number of carboxylic acid groups (broad SMARTS) is 1. The van der Waals surface area contributed by atoms with Gasteiger partial charge in [-0.3, -0.25) is 9.59 Å². The van der Waals surface area contributed by atoms with Gasteiger partial charge in [0.2, 0.25) is 0 Å². The fourth-order valence-electron chi connectivity index (χ4n) is 2.23. The van der Waals surface area contributed by atoms with Gasteiger partial charge in [0.1, 0.15) is 4.60 Å². The Morgan fingerprint density at radius 1 is 1.43 bits per heavy atom. The Kier molecular flexibility index (Phi) is 3.96. The molecule has 0 aliphatic carbocycles. The van der Waals surface area contributed by atoms with E-state index in [1.165, 1.54) is 18.3 Å². The number of nitrogens with zero attached hydrogens (tertiary/aromatic N) is 2. The number of carboxylic acids is 1. The van der Waals surface area contributed by atoms with Crippen molar-refractivity contribution in [2.45, 2.75) is 12.6 Å². The molecule has 1 amide bonds. The van der Waals surface area contributed by atoms with Crippen molar-refractivity contribution in [2.75, 3.05) is 13.1 Å². The van der Waals surface area contributed by atoms with Crippen LogP contribution < -0.4 is 0 Å². The smallest absolute Gasteiger partial charge is 0.406 e. The van der Waals surface area contributed by atoms with Crippen molar-refractivity contribution < 1.29 is 27.9 Å². The summed E-state index contributed by atoms with van der Waals surface area (Å²) >= 11 is 3.06. The summed E-state index contributed by atoms with van der Waals surface area (Å²) in [4.78, 5) is 27.9. The van der Waals surface area contributed by atoms with Crippen molar-refractivity contribution in [3.8, 4) is 0 Å². The normalized spacial score (nSPS) is 22.4. The number of alkyl halides is 3. The molecule has 1 aliphatic rings. The number of halogens is 4. The molecule has 1 saturated heterocycles. The van der Waals surface area contributed by atoms with E-state index in [1.807, 2.05) is 0 Å². The van der Waals surface area contributed by atoms with Crippen LogP contribution in [0, 0.1) is 5.41 Å². The quantitative estimate of drug-likeness (QED) is 0.815. The molecule has 21 heavy (non-hydrogen) atoms. The van der Waals surface area contributed by atoms with Crippen molar-refractivity contribution in [3.05, 3.63) is 28.5 Å². The zero-order valence-electron chi connectivity index (χ0n) is 10.5. The third kappa shape index (κ3) is 2.74. The van der Waals surface area contributed by atoms with E-state index in [0.717, 1.165) is 4.90 Å². The minimum Gasteiger partial charge on any atom is -0.481 e. The van der Waals surface area contributed by atoms with Crippen LogP contribution in [0.25, 0.3) is 0 Å². The maximum Gasteiger partial charge on any atom is 0.406 e. The van der Waals surface area contributed by atoms with Gasteiger partial charge in [-0.1, -0.05) is 0 Å². The summed E-state index contributed by atoms with van der Waals surface area (Å²) in [5, 5.41) is 8.94. The third-order valence-electron chi connectivity index (χ3n) is 3.48. The molecule has 1 unspecified atom stereocenters. The van der Waals surface area contributed by atoms with Crippen LogP contribution in [-0.4, -0.2) is 46.1 Å². The molecule has 1 atom stereocenters. The Morgan fingerprint density at radius 3 is 2.57 bits per heavy atom. The minimum atomic E-state index is -4.91. The lowest BCUT2D eigenvalue weighted by Crippen LogP contribution is -2.47. The molecule has 1 aromatic heterocycles. The maximum absolute atomic E-state index is 13.0. The zero-order valence-corrected chi connectivity index (χ0v) is 12.1. The monoisotopic (exact) mass is 366 g/mol. The van der Waals surface area contributed by atoms with Gasteiger partial charge in [-0.15, -0.1) is 0 Å². The van der Waals surface area contributed by atoms with Crippen molar-refractivity contribution in [1.29, 1.82) is 0 Å². The van der Waals surface area contributed by atoms with Crippen LogP contribution in [0.5, 0.6) is 0 Å². The van der Waals surface area contributed by atoms with Crippen molar-refractivity contribution in [1.82, 2.24) is 9.88 Å². The molecule has 1 aliphatic heterocycles. The van der Waals surface area contributed by atoms with Gasteiger partial charge in [-0.2, -0.15) is 13.2 Å². The van der Waals surface area contributed by atoms with Gasteiger partial charge >= 0.3 is 12.1 Å².